The molecule has 2 aromatic carbocycles. The quantitative estimate of drug-likeness (QED) is 0.624. The van der Waals surface area contributed by atoms with Gasteiger partial charge in [-0.3, -0.25) is 9.59 Å². The maximum absolute atomic E-state index is 13.0. The van der Waals surface area contributed by atoms with Crippen molar-refractivity contribution in [1.82, 2.24) is 10.2 Å². The summed E-state index contributed by atoms with van der Waals surface area (Å²) in [5, 5.41) is 11.9. The van der Waals surface area contributed by atoms with Crippen LogP contribution in [0.2, 0.25) is 0 Å². The highest BCUT2D eigenvalue weighted by Crippen LogP contribution is 2.44. The minimum Gasteiger partial charge on any atom is -0.480 e. The summed E-state index contributed by atoms with van der Waals surface area (Å²) in [6.45, 7) is 7.53. The molecule has 2 amide bonds. The Morgan fingerprint density at radius 2 is 1.58 bits per heavy atom. The number of amides is 2. The molecule has 7 nitrogen and oxygen atoms in total. The van der Waals surface area contributed by atoms with Gasteiger partial charge >= 0.3 is 12.1 Å². The smallest absolute Gasteiger partial charge is 0.407 e. The maximum atomic E-state index is 13.0. The van der Waals surface area contributed by atoms with Gasteiger partial charge in [0.1, 0.15) is 19.2 Å². The van der Waals surface area contributed by atoms with E-state index >= 15 is 0 Å². The molecule has 1 aliphatic rings. The zero-order chi connectivity index (χ0) is 24.2. The van der Waals surface area contributed by atoms with Gasteiger partial charge in [-0.25, -0.2) is 4.79 Å². The van der Waals surface area contributed by atoms with Gasteiger partial charge in [0.15, 0.2) is 0 Å². The Labute approximate surface area is 194 Å². The Morgan fingerprint density at radius 1 is 1.03 bits per heavy atom. The molecule has 0 unspecified atom stereocenters. The van der Waals surface area contributed by atoms with Crippen molar-refractivity contribution in [2.24, 2.45) is 5.41 Å². The molecule has 3 rings (SSSR count). The lowest BCUT2D eigenvalue weighted by Gasteiger charge is -2.31. The summed E-state index contributed by atoms with van der Waals surface area (Å²) in [4.78, 5) is 38.2. The third-order valence-corrected chi connectivity index (χ3v) is 5.65. The van der Waals surface area contributed by atoms with Crippen molar-refractivity contribution < 1.29 is 24.2 Å². The first kappa shape index (κ1) is 24.3. The lowest BCUT2D eigenvalue weighted by atomic mass is 9.95. The van der Waals surface area contributed by atoms with Gasteiger partial charge in [0.25, 0.3) is 0 Å². The van der Waals surface area contributed by atoms with E-state index in [9.17, 15) is 19.5 Å². The lowest BCUT2D eigenvalue weighted by molar-refractivity contribution is -0.146. The van der Waals surface area contributed by atoms with Crippen molar-refractivity contribution in [3.63, 3.8) is 0 Å². The number of nitrogens with one attached hydrogen (secondary N) is 1. The number of nitrogens with zero attached hydrogens (tertiary/aromatic N) is 1. The van der Waals surface area contributed by atoms with Crippen molar-refractivity contribution >= 4 is 18.0 Å². The Morgan fingerprint density at radius 3 is 2.06 bits per heavy atom. The molecule has 2 N–H and O–H groups in total. The predicted octanol–water partition coefficient (Wildman–Crippen LogP) is 4.26. The van der Waals surface area contributed by atoms with Crippen LogP contribution in [0.5, 0.6) is 0 Å². The second kappa shape index (κ2) is 10.1. The molecule has 0 fully saturated rings. The number of ether oxygens (including phenoxy) is 1. The van der Waals surface area contributed by atoms with E-state index in [0.717, 1.165) is 22.3 Å². The molecule has 0 spiro atoms. The molecule has 0 aromatic heterocycles. The third-order valence-electron chi connectivity index (χ3n) is 5.65. The van der Waals surface area contributed by atoms with Crippen molar-refractivity contribution in [2.45, 2.75) is 46.1 Å². The number of rotatable bonds is 8. The van der Waals surface area contributed by atoms with Gasteiger partial charge in [-0.1, -0.05) is 76.2 Å². The fourth-order valence-electron chi connectivity index (χ4n) is 4.29. The zero-order valence-electron chi connectivity index (χ0n) is 19.6. The van der Waals surface area contributed by atoms with Gasteiger partial charge in [-0.15, -0.1) is 0 Å². The van der Waals surface area contributed by atoms with Crippen molar-refractivity contribution in [1.29, 1.82) is 0 Å². The van der Waals surface area contributed by atoms with Crippen LogP contribution in [0.1, 0.15) is 51.2 Å². The van der Waals surface area contributed by atoms with Crippen LogP contribution in [0.15, 0.2) is 48.5 Å². The molecule has 7 heteroatoms. The number of fused-ring (bicyclic) bond motifs is 3. The molecule has 176 valence electrons. The Balaban J connectivity index is 1.67. The average molecular weight is 453 g/mol. The first-order chi connectivity index (χ1) is 15.6. The van der Waals surface area contributed by atoms with Crippen LogP contribution in [0, 0.1) is 5.41 Å². The van der Waals surface area contributed by atoms with Crippen molar-refractivity contribution in [3.05, 3.63) is 59.7 Å². The summed E-state index contributed by atoms with van der Waals surface area (Å²) >= 11 is 0. The first-order valence-electron chi connectivity index (χ1n) is 11.2. The van der Waals surface area contributed by atoms with Gasteiger partial charge in [-0.05, 0) is 34.1 Å². The fourth-order valence-corrected chi connectivity index (χ4v) is 4.29. The van der Waals surface area contributed by atoms with Crippen molar-refractivity contribution in [2.75, 3.05) is 19.7 Å². The number of aliphatic carboxylic acids is 1. The predicted molar refractivity (Wildman–Crippen MR) is 126 cm³/mol. The minimum absolute atomic E-state index is 0.0803. The Hall–Kier alpha value is -3.35. The molecule has 0 radical (unpaired) electrons. The van der Waals surface area contributed by atoms with E-state index in [1.54, 1.807) is 6.92 Å². The second-order valence-corrected chi connectivity index (χ2v) is 9.58. The van der Waals surface area contributed by atoms with Crippen LogP contribution in [-0.2, 0) is 14.3 Å². The molecule has 0 aliphatic heterocycles. The molecule has 0 heterocycles. The van der Waals surface area contributed by atoms with Gasteiger partial charge in [0.2, 0.25) is 5.91 Å². The Kier molecular flexibility index (Phi) is 7.41. The number of hydrogen-bond donors (Lipinski definition) is 2. The molecular formula is C26H32N2O5. The number of carboxylic acid groups (broad SMARTS) is 1. The van der Waals surface area contributed by atoms with E-state index < -0.39 is 30.6 Å². The summed E-state index contributed by atoms with van der Waals surface area (Å²) < 4.78 is 5.55. The van der Waals surface area contributed by atoms with E-state index in [4.69, 9.17) is 4.74 Å². The maximum Gasteiger partial charge on any atom is 0.407 e. The summed E-state index contributed by atoms with van der Waals surface area (Å²) in [5.41, 5.74) is 4.19. The van der Waals surface area contributed by atoms with E-state index in [1.807, 2.05) is 57.2 Å². The van der Waals surface area contributed by atoms with Crippen LogP contribution in [0.4, 0.5) is 4.79 Å². The average Bonchev–Trinajstić information content (AvgIpc) is 3.07. The molecule has 0 bridgehead atoms. The van der Waals surface area contributed by atoms with E-state index in [1.165, 1.54) is 4.90 Å². The van der Waals surface area contributed by atoms with Gasteiger partial charge < -0.3 is 20.1 Å². The topological polar surface area (TPSA) is 95.9 Å². The monoisotopic (exact) mass is 452 g/mol. The van der Waals surface area contributed by atoms with Crippen LogP contribution in [0.25, 0.3) is 11.1 Å². The van der Waals surface area contributed by atoms with Crippen LogP contribution in [-0.4, -0.2) is 53.7 Å². The number of benzene rings is 2. The number of carbonyl (C=O) groups excluding carboxylic acids is 2. The number of carbonyl (C=O) groups is 3. The summed E-state index contributed by atoms with van der Waals surface area (Å²) in [5.74, 6) is -1.60. The molecule has 1 aliphatic carbocycles. The van der Waals surface area contributed by atoms with E-state index in [2.05, 4.69) is 17.4 Å². The number of carboxylic acids is 1. The minimum atomic E-state index is -1.09. The van der Waals surface area contributed by atoms with Crippen LogP contribution in [0.3, 0.4) is 0 Å². The van der Waals surface area contributed by atoms with Gasteiger partial charge in [0, 0.05) is 12.5 Å². The van der Waals surface area contributed by atoms with Gasteiger partial charge in [-0.2, -0.15) is 0 Å². The number of hydrogen-bond acceptors (Lipinski definition) is 4. The first-order valence-corrected chi connectivity index (χ1v) is 11.2. The molecule has 1 atom stereocenters. The molecule has 0 saturated carbocycles. The second-order valence-electron chi connectivity index (χ2n) is 9.58. The zero-order valence-corrected chi connectivity index (χ0v) is 19.6. The highest BCUT2D eigenvalue weighted by Gasteiger charge is 2.31. The molecule has 0 saturated heterocycles. The van der Waals surface area contributed by atoms with E-state index in [0.29, 0.717) is 6.42 Å². The normalized spacial score (nSPS) is 13.6. The third kappa shape index (κ3) is 5.92. The van der Waals surface area contributed by atoms with Crippen LogP contribution < -0.4 is 5.32 Å². The Bertz CT molecular complexity index is 982. The molecule has 2 aromatic rings. The lowest BCUT2D eigenvalue weighted by Crippen LogP contribution is -2.51. The summed E-state index contributed by atoms with van der Waals surface area (Å²) in [6, 6.07) is 15.3. The fraction of sp³-hybridized carbons (Fsp3) is 0.423. The van der Waals surface area contributed by atoms with Crippen LogP contribution >= 0.6 is 0 Å². The molecular weight excluding hydrogens is 420 g/mol. The van der Waals surface area contributed by atoms with E-state index in [-0.39, 0.29) is 24.5 Å². The standard InChI is InChI=1S/C26H32N2O5/c1-5-22(24(31)28(14-23(29)30)16-26(2,3)4)27-25(32)33-15-21-19-12-8-6-10-17(19)18-11-7-9-13-20(18)21/h6-13,21-22H,5,14-16H2,1-4H3,(H,27,32)(H,29,30)/t22-/m1/s1. The van der Waals surface area contributed by atoms with Gasteiger partial charge in [0.05, 0.1) is 0 Å². The van der Waals surface area contributed by atoms with Crippen molar-refractivity contribution in [3.8, 4) is 11.1 Å². The highest BCUT2D eigenvalue weighted by atomic mass is 16.5. The summed E-state index contributed by atoms with van der Waals surface area (Å²) in [6.07, 6.45) is -0.369. The SMILES string of the molecule is CC[C@@H](NC(=O)OCC1c2ccccc2-c2ccccc21)C(=O)N(CC(=O)O)CC(C)(C)C. The molecule has 33 heavy (non-hydrogen) atoms. The highest BCUT2D eigenvalue weighted by molar-refractivity contribution is 5.88. The largest absolute Gasteiger partial charge is 0.480 e. The summed E-state index contributed by atoms with van der Waals surface area (Å²) in [7, 11) is 0. The number of alkyl carbamates (subject to hydrolysis) is 1.